The molecule has 2 rings (SSSR count). The standard InChI is InChI=1S/C18H18F2O2/c1-18(2,3)17(21)13-6-4-12(5-7-13)11-22-16-10-14(19)8-9-15(16)20/h4-10H,11H2,1-3H3. The van der Waals surface area contributed by atoms with Crippen LogP contribution in [0.3, 0.4) is 0 Å². The van der Waals surface area contributed by atoms with Crippen LogP contribution in [0.1, 0.15) is 36.7 Å². The molecule has 0 fully saturated rings. The number of Topliss-reactive ketones (excluding diaryl/α,β-unsaturated/α-hetero) is 1. The molecule has 22 heavy (non-hydrogen) atoms. The fraction of sp³-hybridized carbons (Fsp3) is 0.278. The van der Waals surface area contributed by atoms with Crippen LogP contribution in [0.4, 0.5) is 8.78 Å². The lowest BCUT2D eigenvalue weighted by molar-refractivity contribution is 0.0858. The van der Waals surface area contributed by atoms with Gasteiger partial charge < -0.3 is 4.74 Å². The first-order valence-corrected chi connectivity index (χ1v) is 6.99. The van der Waals surface area contributed by atoms with Gasteiger partial charge in [0.1, 0.15) is 12.4 Å². The molecule has 0 aliphatic heterocycles. The van der Waals surface area contributed by atoms with Gasteiger partial charge in [0, 0.05) is 17.0 Å². The summed E-state index contributed by atoms with van der Waals surface area (Å²) in [6.45, 7) is 5.68. The molecule has 0 aliphatic carbocycles. The SMILES string of the molecule is CC(C)(C)C(=O)c1ccc(COc2cc(F)ccc2F)cc1. The van der Waals surface area contributed by atoms with Crippen molar-refractivity contribution < 1.29 is 18.3 Å². The summed E-state index contributed by atoms with van der Waals surface area (Å²) in [7, 11) is 0. The second-order valence-electron chi connectivity index (χ2n) is 6.14. The summed E-state index contributed by atoms with van der Waals surface area (Å²) in [4.78, 5) is 12.1. The van der Waals surface area contributed by atoms with Gasteiger partial charge in [-0.15, -0.1) is 0 Å². The van der Waals surface area contributed by atoms with Crippen LogP contribution < -0.4 is 4.74 Å². The molecule has 0 bridgehead atoms. The van der Waals surface area contributed by atoms with Crippen LogP contribution in [0.25, 0.3) is 0 Å². The van der Waals surface area contributed by atoms with Gasteiger partial charge in [0.15, 0.2) is 17.3 Å². The van der Waals surface area contributed by atoms with Crippen molar-refractivity contribution in [3.05, 3.63) is 65.2 Å². The molecule has 0 heterocycles. The van der Waals surface area contributed by atoms with Crippen LogP contribution >= 0.6 is 0 Å². The van der Waals surface area contributed by atoms with Gasteiger partial charge in [0.05, 0.1) is 0 Å². The summed E-state index contributed by atoms with van der Waals surface area (Å²) < 4.78 is 31.8. The summed E-state index contributed by atoms with van der Waals surface area (Å²) in [5.41, 5.74) is 0.949. The van der Waals surface area contributed by atoms with E-state index in [2.05, 4.69) is 0 Å². The highest BCUT2D eigenvalue weighted by Crippen LogP contribution is 2.22. The molecule has 0 radical (unpaired) electrons. The maximum atomic E-state index is 13.4. The molecule has 0 saturated carbocycles. The molecule has 0 amide bonds. The molecule has 0 N–H and O–H groups in total. The third-order valence-electron chi connectivity index (χ3n) is 3.18. The van der Waals surface area contributed by atoms with Crippen LogP contribution in [0.2, 0.25) is 0 Å². The Labute approximate surface area is 128 Å². The Bertz CT molecular complexity index is 670. The van der Waals surface area contributed by atoms with Crippen LogP contribution in [0, 0.1) is 17.0 Å². The van der Waals surface area contributed by atoms with Crippen molar-refractivity contribution in [3.8, 4) is 5.75 Å². The predicted molar refractivity (Wildman–Crippen MR) is 80.9 cm³/mol. The van der Waals surface area contributed by atoms with Gasteiger partial charge in [0.2, 0.25) is 0 Å². The molecule has 0 unspecified atom stereocenters. The normalized spacial score (nSPS) is 11.3. The highest BCUT2D eigenvalue weighted by atomic mass is 19.1. The first-order valence-electron chi connectivity index (χ1n) is 6.99. The lowest BCUT2D eigenvalue weighted by Gasteiger charge is -2.16. The summed E-state index contributed by atoms with van der Waals surface area (Å²) in [5.74, 6) is -1.24. The fourth-order valence-electron chi connectivity index (χ4n) is 1.93. The Morgan fingerprint density at radius 1 is 1.05 bits per heavy atom. The topological polar surface area (TPSA) is 26.3 Å². The average molecular weight is 304 g/mol. The van der Waals surface area contributed by atoms with E-state index in [1.807, 2.05) is 20.8 Å². The Balaban J connectivity index is 2.06. The Morgan fingerprint density at radius 2 is 1.68 bits per heavy atom. The summed E-state index contributed by atoms with van der Waals surface area (Å²) in [5, 5.41) is 0. The third-order valence-corrected chi connectivity index (χ3v) is 3.18. The lowest BCUT2D eigenvalue weighted by atomic mass is 9.86. The lowest BCUT2D eigenvalue weighted by Crippen LogP contribution is -2.20. The second-order valence-corrected chi connectivity index (χ2v) is 6.14. The smallest absolute Gasteiger partial charge is 0.168 e. The summed E-state index contributed by atoms with van der Waals surface area (Å²) in [6, 6.07) is 9.99. The highest BCUT2D eigenvalue weighted by molar-refractivity contribution is 5.99. The zero-order chi connectivity index (χ0) is 16.3. The zero-order valence-electron chi connectivity index (χ0n) is 12.8. The zero-order valence-corrected chi connectivity index (χ0v) is 12.8. The molecular weight excluding hydrogens is 286 g/mol. The maximum absolute atomic E-state index is 13.4. The first-order chi connectivity index (χ1) is 10.3. The largest absolute Gasteiger partial charge is 0.486 e. The molecule has 2 nitrogen and oxygen atoms in total. The number of rotatable bonds is 4. The van der Waals surface area contributed by atoms with Crippen molar-refractivity contribution in [1.29, 1.82) is 0 Å². The monoisotopic (exact) mass is 304 g/mol. The molecule has 0 saturated heterocycles. The van der Waals surface area contributed by atoms with Crippen LogP contribution in [-0.2, 0) is 6.61 Å². The van der Waals surface area contributed by atoms with Crippen molar-refractivity contribution in [2.75, 3.05) is 0 Å². The maximum Gasteiger partial charge on any atom is 0.168 e. The number of hydrogen-bond acceptors (Lipinski definition) is 2. The summed E-state index contributed by atoms with van der Waals surface area (Å²) in [6.07, 6.45) is 0. The van der Waals surface area contributed by atoms with Crippen molar-refractivity contribution in [3.63, 3.8) is 0 Å². The first kappa shape index (κ1) is 16.1. The van der Waals surface area contributed by atoms with E-state index >= 15 is 0 Å². The van der Waals surface area contributed by atoms with Gasteiger partial charge in [0.25, 0.3) is 0 Å². The van der Waals surface area contributed by atoms with E-state index in [-0.39, 0.29) is 18.1 Å². The van der Waals surface area contributed by atoms with E-state index in [4.69, 9.17) is 4.74 Å². The molecule has 2 aromatic rings. The van der Waals surface area contributed by atoms with E-state index in [0.717, 1.165) is 23.8 Å². The molecule has 0 aromatic heterocycles. The Morgan fingerprint density at radius 3 is 2.27 bits per heavy atom. The van der Waals surface area contributed by atoms with E-state index in [1.165, 1.54) is 0 Å². The number of carbonyl (C=O) groups is 1. The third kappa shape index (κ3) is 3.91. The van der Waals surface area contributed by atoms with Crippen LogP contribution in [0.5, 0.6) is 5.75 Å². The molecule has 4 heteroatoms. The molecular formula is C18H18F2O2. The highest BCUT2D eigenvalue weighted by Gasteiger charge is 2.22. The number of halogens is 2. The van der Waals surface area contributed by atoms with Gasteiger partial charge in [-0.2, -0.15) is 0 Å². The van der Waals surface area contributed by atoms with Crippen molar-refractivity contribution in [2.45, 2.75) is 27.4 Å². The molecule has 116 valence electrons. The number of carbonyl (C=O) groups excluding carboxylic acids is 1. The fourth-order valence-corrected chi connectivity index (χ4v) is 1.93. The molecule has 0 spiro atoms. The predicted octanol–water partition coefficient (Wildman–Crippen LogP) is 4.77. The van der Waals surface area contributed by atoms with Gasteiger partial charge >= 0.3 is 0 Å². The number of ether oxygens (including phenoxy) is 1. The van der Waals surface area contributed by atoms with Gasteiger partial charge in [-0.1, -0.05) is 45.0 Å². The molecule has 0 aliphatic rings. The summed E-state index contributed by atoms with van der Waals surface area (Å²) >= 11 is 0. The molecule has 2 aromatic carbocycles. The number of benzene rings is 2. The minimum atomic E-state index is -0.610. The van der Waals surface area contributed by atoms with E-state index < -0.39 is 17.0 Å². The van der Waals surface area contributed by atoms with E-state index in [9.17, 15) is 13.6 Å². The Kier molecular flexibility index (Phi) is 4.59. The average Bonchev–Trinajstić information content (AvgIpc) is 2.47. The number of hydrogen-bond donors (Lipinski definition) is 0. The van der Waals surface area contributed by atoms with Crippen LogP contribution in [-0.4, -0.2) is 5.78 Å². The van der Waals surface area contributed by atoms with Gasteiger partial charge in [-0.3, -0.25) is 4.79 Å². The second kappa shape index (κ2) is 6.26. The van der Waals surface area contributed by atoms with Crippen molar-refractivity contribution >= 4 is 5.78 Å². The molecule has 0 atom stereocenters. The van der Waals surface area contributed by atoms with E-state index in [0.29, 0.717) is 5.56 Å². The van der Waals surface area contributed by atoms with Gasteiger partial charge in [-0.05, 0) is 17.7 Å². The quantitative estimate of drug-likeness (QED) is 0.760. The van der Waals surface area contributed by atoms with Crippen molar-refractivity contribution in [2.24, 2.45) is 5.41 Å². The minimum absolute atomic E-state index is 0.0520. The van der Waals surface area contributed by atoms with Crippen LogP contribution in [0.15, 0.2) is 42.5 Å². The van der Waals surface area contributed by atoms with E-state index in [1.54, 1.807) is 24.3 Å². The van der Waals surface area contributed by atoms with Crippen molar-refractivity contribution in [1.82, 2.24) is 0 Å². The number of ketones is 1. The minimum Gasteiger partial charge on any atom is -0.486 e. The van der Waals surface area contributed by atoms with Gasteiger partial charge in [-0.25, -0.2) is 8.78 Å². The Hall–Kier alpha value is -2.23.